The Morgan fingerprint density at radius 3 is 2.96 bits per heavy atom. The molecule has 0 aromatic carbocycles. The maximum atomic E-state index is 11.8. The minimum atomic E-state index is -0.851. The van der Waals surface area contributed by atoms with Gasteiger partial charge in [-0.15, -0.1) is 21.5 Å². The number of imide groups is 1. The first kappa shape index (κ1) is 18.9. The highest BCUT2D eigenvalue weighted by Gasteiger charge is 2.24. The second-order valence-electron chi connectivity index (χ2n) is 6.55. The van der Waals surface area contributed by atoms with Crippen LogP contribution < -0.4 is 11.1 Å². The van der Waals surface area contributed by atoms with Gasteiger partial charge in [-0.25, -0.2) is 4.79 Å². The zero-order chi connectivity index (χ0) is 18.8. The molecule has 0 spiro atoms. The van der Waals surface area contributed by atoms with E-state index in [-0.39, 0.29) is 0 Å². The molecule has 140 valence electrons. The van der Waals surface area contributed by atoms with E-state index in [0.29, 0.717) is 5.16 Å². The van der Waals surface area contributed by atoms with Gasteiger partial charge in [-0.3, -0.25) is 10.1 Å². The highest BCUT2D eigenvalue weighted by molar-refractivity contribution is 8.00. The molecule has 1 aliphatic rings. The summed E-state index contributed by atoms with van der Waals surface area (Å²) in [5.74, 6) is 1.15. The molecule has 3 rings (SSSR count). The molecule has 2 atom stereocenters. The third-order valence-electron chi connectivity index (χ3n) is 4.72. The minimum absolute atomic E-state index is 0.441. The van der Waals surface area contributed by atoms with Crippen molar-refractivity contribution in [1.29, 1.82) is 0 Å². The molecule has 2 heterocycles. The number of hydrogen-bond donors (Lipinski definition) is 2. The highest BCUT2D eigenvalue weighted by Crippen LogP contribution is 2.38. The molecule has 3 amide bonds. The van der Waals surface area contributed by atoms with E-state index < -0.39 is 17.2 Å². The number of hydrogen-bond acceptors (Lipinski definition) is 6. The number of carbonyl (C=O) groups excluding carboxylic acids is 2. The third-order valence-corrected chi connectivity index (χ3v) is 7.08. The van der Waals surface area contributed by atoms with Crippen LogP contribution in [0.25, 0.3) is 10.7 Å². The number of primary amides is 1. The normalized spacial score (nSPS) is 17.6. The lowest BCUT2D eigenvalue weighted by molar-refractivity contribution is -0.119. The molecule has 0 saturated carbocycles. The standard InChI is InChI=1S/C17H23N5O2S2/c1-4-10-5-6-12-11(7-10)8-13(26-12)14-20-21-17(22(14)3)25-9(2)15(23)19-16(18)24/h8-10H,4-7H2,1-3H3,(H3,18,19,23,24). The number of amides is 3. The van der Waals surface area contributed by atoms with Crippen LogP contribution in [-0.4, -0.2) is 32.0 Å². The average molecular weight is 394 g/mol. The van der Waals surface area contributed by atoms with Crippen molar-refractivity contribution in [2.24, 2.45) is 18.7 Å². The van der Waals surface area contributed by atoms with Gasteiger partial charge < -0.3 is 10.3 Å². The molecule has 0 saturated heterocycles. The lowest BCUT2D eigenvalue weighted by Crippen LogP contribution is -2.39. The largest absolute Gasteiger partial charge is 0.351 e. The Morgan fingerprint density at radius 2 is 2.27 bits per heavy atom. The van der Waals surface area contributed by atoms with E-state index >= 15 is 0 Å². The van der Waals surface area contributed by atoms with E-state index in [4.69, 9.17) is 5.73 Å². The zero-order valence-electron chi connectivity index (χ0n) is 15.1. The van der Waals surface area contributed by atoms with Gasteiger partial charge in [0.2, 0.25) is 5.91 Å². The fraction of sp³-hybridized carbons (Fsp3) is 0.529. The maximum Gasteiger partial charge on any atom is 0.318 e. The quantitative estimate of drug-likeness (QED) is 0.760. The first-order chi connectivity index (χ1) is 12.4. The molecule has 2 aromatic heterocycles. The molecule has 0 fully saturated rings. The lowest BCUT2D eigenvalue weighted by atomic mass is 9.87. The Labute approximate surface area is 160 Å². The van der Waals surface area contributed by atoms with Crippen LogP contribution >= 0.6 is 23.1 Å². The Balaban J connectivity index is 1.76. The van der Waals surface area contributed by atoms with Crippen molar-refractivity contribution in [1.82, 2.24) is 20.1 Å². The van der Waals surface area contributed by atoms with Crippen molar-refractivity contribution in [3.05, 3.63) is 16.5 Å². The average Bonchev–Trinajstić information content (AvgIpc) is 3.17. The van der Waals surface area contributed by atoms with Gasteiger partial charge in [-0.1, -0.05) is 25.1 Å². The van der Waals surface area contributed by atoms with E-state index in [0.717, 1.165) is 29.5 Å². The lowest BCUT2D eigenvalue weighted by Gasteiger charge is -2.19. The van der Waals surface area contributed by atoms with Crippen LogP contribution in [0.5, 0.6) is 0 Å². The summed E-state index contributed by atoms with van der Waals surface area (Å²) in [4.78, 5) is 25.2. The number of nitrogens with one attached hydrogen (secondary N) is 1. The van der Waals surface area contributed by atoms with E-state index in [2.05, 4.69) is 28.5 Å². The van der Waals surface area contributed by atoms with Crippen LogP contribution in [0.2, 0.25) is 0 Å². The molecule has 3 N–H and O–H groups in total. The third kappa shape index (κ3) is 3.93. The summed E-state index contributed by atoms with van der Waals surface area (Å²) in [5, 5.41) is 10.8. The first-order valence-electron chi connectivity index (χ1n) is 8.67. The first-order valence-corrected chi connectivity index (χ1v) is 10.4. The summed E-state index contributed by atoms with van der Waals surface area (Å²) in [6, 6.07) is 1.39. The number of aryl methyl sites for hydroxylation is 1. The van der Waals surface area contributed by atoms with Crippen molar-refractivity contribution in [3.63, 3.8) is 0 Å². The van der Waals surface area contributed by atoms with Gasteiger partial charge in [-0.05, 0) is 43.7 Å². The molecule has 2 unspecified atom stereocenters. The van der Waals surface area contributed by atoms with Crippen LogP contribution in [0.1, 0.15) is 37.1 Å². The number of aromatic nitrogens is 3. The van der Waals surface area contributed by atoms with Crippen LogP contribution in [0.3, 0.4) is 0 Å². The van der Waals surface area contributed by atoms with Crippen molar-refractivity contribution < 1.29 is 9.59 Å². The topological polar surface area (TPSA) is 103 Å². The predicted molar refractivity (Wildman–Crippen MR) is 103 cm³/mol. The van der Waals surface area contributed by atoms with Gasteiger partial charge in [0.25, 0.3) is 0 Å². The van der Waals surface area contributed by atoms with Crippen LogP contribution in [0.4, 0.5) is 4.79 Å². The number of carbonyl (C=O) groups is 2. The molecule has 0 aliphatic heterocycles. The fourth-order valence-corrected chi connectivity index (χ4v) is 5.17. The number of nitrogens with two attached hydrogens (primary N) is 1. The molecular formula is C17H23N5O2S2. The van der Waals surface area contributed by atoms with E-state index in [1.807, 2.05) is 11.6 Å². The number of nitrogens with zero attached hydrogens (tertiary/aromatic N) is 3. The van der Waals surface area contributed by atoms with Gasteiger partial charge in [0, 0.05) is 11.9 Å². The number of thiophene rings is 1. The molecule has 26 heavy (non-hydrogen) atoms. The zero-order valence-corrected chi connectivity index (χ0v) is 16.7. The number of rotatable bonds is 5. The van der Waals surface area contributed by atoms with Gasteiger partial charge in [0.05, 0.1) is 10.1 Å². The van der Waals surface area contributed by atoms with Gasteiger partial charge in [0.1, 0.15) is 0 Å². The summed E-state index contributed by atoms with van der Waals surface area (Å²) < 4.78 is 1.90. The van der Waals surface area contributed by atoms with Crippen molar-refractivity contribution in [2.45, 2.75) is 49.9 Å². The molecule has 0 radical (unpaired) electrons. The number of fused-ring (bicyclic) bond motifs is 1. The van der Waals surface area contributed by atoms with Crippen molar-refractivity contribution in [2.75, 3.05) is 0 Å². The molecular weight excluding hydrogens is 370 g/mol. The molecule has 9 heteroatoms. The summed E-state index contributed by atoms with van der Waals surface area (Å²) in [6.45, 7) is 3.96. The Bertz CT molecular complexity index is 829. The Morgan fingerprint density at radius 1 is 1.50 bits per heavy atom. The van der Waals surface area contributed by atoms with Crippen LogP contribution in [-0.2, 0) is 24.7 Å². The second-order valence-corrected chi connectivity index (χ2v) is 9.00. The second kappa shape index (κ2) is 7.79. The van der Waals surface area contributed by atoms with Crippen molar-refractivity contribution >= 4 is 35.0 Å². The van der Waals surface area contributed by atoms with E-state index in [1.165, 1.54) is 35.0 Å². The van der Waals surface area contributed by atoms with E-state index in [9.17, 15) is 9.59 Å². The van der Waals surface area contributed by atoms with Gasteiger partial charge in [-0.2, -0.15) is 0 Å². The maximum absolute atomic E-state index is 11.8. The summed E-state index contributed by atoms with van der Waals surface area (Å²) in [6.07, 6.45) is 4.77. The smallest absolute Gasteiger partial charge is 0.318 e. The summed E-state index contributed by atoms with van der Waals surface area (Å²) >= 11 is 3.04. The monoisotopic (exact) mass is 393 g/mol. The molecule has 7 nitrogen and oxygen atoms in total. The Hall–Kier alpha value is -1.87. The van der Waals surface area contributed by atoms with Gasteiger partial charge >= 0.3 is 6.03 Å². The minimum Gasteiger partial charge on any atom is -0.351 e. The summed E-state index contributed by atoms with van der Waals surface area (Å²) in [5.41, 5.74) is 6.43. The number of urea groups is 1. The number of thioether (sulfide) groups is 1. The molecule has 1 aliphatic carbocycles. The fourth-order valence-electron chi connectivity index (χ4n) is 3.12. The van der Waals surface area contributed by atoms with Gasteiger partial charge in [0.15, 0.2) is 11.0 Å². The molecule has 0 bridgehead atoms. The highest BCUT2D eigenvalue weighted by atomic mass is 32.2. The van der Waals surface area contributed by atoms with Crippen molar-refractivity contribution in [3.8, 4) is 10.7 Å². The van der Waals surface area contributed by atoms with E-state index in [1.54, 1.807) is 18.3 Å². The molecule has 2 aromatic rings. The van der Waals surface area contributed by atoms with Crippen LogP contribution in [0.15, 0.2) is 11.2 Å². The SMILES string of the molecule is CCC1CCc2sc(-c3nnc(SC(C)C(=O)NC(N)=O)n3C)cc2C1. The Kier molecular flexibility index (Phi) is 5.67. The van der Waals surface area contributed by atoms with Crippen LogP contribution in [0, 0.1) is 5.92 Å². The summed E-state index contributed by atoms with van der Waals surface area (Å²) in [7, 11) is 1.89. The predicted octanol–water partition coefficient (Wildman–Crippen LogP) is 2.73.